The van der Waals surface area contributed by atoms with Gasteiger partial charge in [0.1, 0.15) is 6.10 Å². The Bertz CT molecular complexity index is 677. The second kappa shape index (κ2) is 4.88. The lowest BCUT2D eigenvalue weighted by molar-refractivity contribution is -0.139. The maximum Gasteiger partial charge on any atom is 0.339 e. The molecule has 0 aliphatic carbocycles. The highest BCUT2D eigenvalue weighted by Gasteiger charge is 2.34. The summed E-state index contributed by atoms with van der Waals surface area (Å²) in [5.41, 5.74) is 0.495. The Kier molecular flexibility index (Phi) is 3.53. The van der Waals surface area contributed by atoms with Crippen LogP contribution in [0.25, 0.3) is 0 Å². The third-order valence-corrected chi connectivity index (χ3v) is 4.79. The van der Waals surface area contributed by atoms with Crippen LogP contribution in [0.5, 0.6) is 0 Å². The molecule has 1 aliphatic heterocycles. The number of carbonyl (C=O) groups excluding carboxylic acids is 1. The summed E-state index contributed by atoms with van der Waals surface area (Å²) in [6.07, 6.45) is -1.35. The molecule has 1 aliphatic rings. The van der Waals surface area contributed by atoms with Crippen LogP contribution in [0.15, 0.2) is 23.1 Å². The van der Waals surface area contributed by atoms with Crippen molar-refractivity contribution in [1.82, 2.24) is 4.31 Å². The Hall–Kier alpha value is -1.93. The Morgan fingerprint density at radius 2 is 2.05 bits per heavy atom. The van der Waals surface area contributed by atoms with Gasteiger partial charge in [0.25, 0.3) is 0 Å². The molecule has 7 nitrogen and oxygen atoms in total. The van der Waals surface area contributed by atoms with E-state index in [9.17, 15) is 18.0 Å². The molecule has 0 spiro atoms. The minimum atomic E-state index is -3.65. The first kappa shape index (κ1) is 14.5. The molecular formula is C12H13NO6S. The summed E-state index contributed by atoms with van der Waals surface area (Å²) in [5, 5.41) is 8.79. The first-order valence-corrected chi connectivity index (χ1v) is 7.16. The second-order valence-corrected chi connectivity index (χ2v) is 6.68. The van der Waals surface area contributed by atoms with Crippen LogP contribution in [-0.2, 0) is 19.6 Å². The van der Waals surface area contributed by atoms with Gasteiger partial charge >= 0.3 is 11.9 Å². The van der Waals surface area contributed by atoms with Gasteiger partial charge in [-0.25, -0.2) is 17.5 Å². The summed E-state index contributed by atoms with van der Waals surface area (Å²) in [6, 6.07) is 3.94. The summed E-state index contributed by atoms with van der Waals surface area (Å²) in [4.78, 5) is 22.3. The monoisotopic (exact) mass is 299 g/mol. The number of aliphatic carboxylic acids is 1. The van der Waals surface area contributed by atoms with E-state index in [1.807, 2.05) is 0 Å². The molecule has 1 aromatic rings. The summed E-state index contributed by atoms with van der Waals surface area (Å²) in [6.45, 7) is 0. The predicted molar refractivity (Wildman–Crippen MR) is 67.7 cm³/mol. The van der Waals surface area contributed by atoms with Crippen LogP contribution in [0, 0.1) is 0 Å². The van der Waals surface area contributed by atoms with Crippen LogP contribution in [0.1, 0.15) is 28.4 Å². The largest absolute Gasteiger partial charge is 0.481 e. The van der Waals surface area contributed by atoms with Crippen molar-refractivity contribution in [3.8, 4) is 0 Å². The standard InChI is InChI=1S/C12H13NO6S/c1-13(2)20(17,18)7-3-4-8-9(5-7)10(6-11(14)15)19-12(8)16/h3-5,10H,6H2,1-2H3,(H,14,15)/t10-/m0/s1. The quantitative estimate of drug-likeness (QED) is 0.818. The minimum Gasteiger partial charge on any atom is -0.481 e. The van der Waals surface area contributed by atoms with Gasteiger partial charge < -0.3 is 9.84 Å². The van der Waals surface area contributed by atoms with Gasteiger partial charge in [-0.05, 0) is 18.2 Å². The van der Waals surface area contributed by atoms with Crippen LogP contribution in [0.3, 0.4) is 0 Å². The molecule has 20 heavy (non-hydrogen) atoms. The van der Waals surface area contributed by atoms with Crippen LogP contribution in [0.4, 0.5) is 0 Å². The van der Waals surface area contributed by atoms with Crippen molar-refractivity contribution in [1.29, 1.82) is 0 Å². The van der Waals surface area contributed by atoms with Gasteiger partial charge in [-0.1, -0.05) is 0 Å². The van der Waals surface area contributed by atoms with Gasteiger partial charge in [0.2, 0.25) is 10.0 Å². The van der Waals surface area contributed by atoms with E-state index in [-0.39, 0.29) is 10.5 Å². The van der Waals surface area contributed by atoms with Crippen molar-refractivity contribution < 1.29 is 27.9 Å². The van der Waals surface area contributed by atoms with E-state index < -0.39 is 34.5 Å². The van der Waals surface area contributed by atoms with Crippen LogP contribution in [-0.4, -0.2) is 43.9 Å². The fraction of sp³-hybridized carbons (Fsp3) is 0.333. The summed E-state index contributed by atoms with van der Waals surface area (Å²) in [7, 11) is -0.873. The van der Waals surface area contributed by atoms with E-state index in [4.69, 9.17) is 9.84 Å². The Morgan fingerprint density at radius 3 is 2.60 bits per heavy atom. The molecular weight excluding hydrogens is 286 g/mol. The zero-order valence-electron chi connectivity index (χ0n) is 10.9. The maximum absolute atomic E-state index is 12.0. The van der Waals surface area contributed by atoms with Crippen molar-refractivity contribution in [3.05, 3.63) is 29.3 Å². The summed E-state index contributed by atoms with van der Waals surface area (Å²) in [5.74, 6) is -1.77. The molecule has 1 aromatic carbocycles. The molecule has 0 saturated carbocycles. The highest BCUT2D eigenvalue weighted by atomic mass is 32.2. The smallest absolute Gasteiger partial charge is 0.339 e. The number of cyclic esters (lactones) is 1. The lowest BCUT2D eigenvalue weighted by atomic mass is 10.0. The number of hydrogen-bond donors (Lipinski definition) is 1. The number of carbonyl (C=O) groups is 2. The Labute approximate surface area is 115 Å². The maximum atomic E-state index is 12.0. The van der Waals surface area contributed by atoms with Gasteiger partial charge in [-0.2, -0.15) is 0 Å². The topological polar surface area (TPSA) is 101 Å². The highest BCUT2D eigenvalue weighted by Crippen LogP contribution is 2.34. The summed E-state index contributed by atoms with van der Waals surface area (Å²) >= 11 is 0. The number of rotatable bonds is 4. The van der Waals surface area contributed by atoms with E-state index in [2.05, 4.69) is 0 Å². The first-order chi connectivity index (χ1) is 9.23. The average Bonchev–Trinajstić information content (AvgIpc) is 2.65. The molecule has 0 radical (unpaired) electrons. The van der Waals surface area contributed by atoms with Crippen molar-refractivity contribution in [2.24, 2.45) is 0 Å². The van der Waals surface area contributed by atoms with Gasteiger partial charge in [-0.15, -0.1) is 0 Å². The zero-order chi connectivity index (χ0) is 15.1. The van der Waals surface area contributed by atoms with E-state index in [0.29, 0.717) is 5.56 Å². The minimum absolute atomic E-state index is 0.00469. The van der Waals surface area contributed by atoms with Crippen LogP contribution < -0.4 is 0 Å². The fourth-order valence-electron chi connectivity index (χ4n) is 1.93. The van der Waals surface area contributed by atoms with Gasteiger partial charge in [0, 0.05) is 19.7 Å². The molecule has 1 atom stereocenters. The predicted octanol–water partition coefficient (Wildman–Crippen LogP) is 0.623. The average molecular weight is 299 g/mol. The number of nitrogens with zero attached hydrogens (tertiary/aromatic N) is 1. The molecule has 0 fully saturated rings. The Morgan fingerprint density at radius 1 is 1.40 bits per heavy atom. The molecule has 0 bridgehead atoms. The van der Waals surface area contributed by atoms with Crippen molar-refractivity contribution in [2.45, 2.75) is 17.4 Å². The molecule has 8 heteroatoms. The van der Waals surface area contributed by atoms with Crippen molar-refractivity contribution in [2.75, 3.05) is 14.1 Å². The number of carboxylic acid groups (broad SMARTS) is 1. The zero-order valence-corrected chi connectivity index (χ0v) is 11.7. The molecule has 0 unspecified atom stereocenters. The lowest BCUT2D eigenvalue weighted by Gasteiger charge is -2.13. The van der Waals surface area contributed by atoms with E-state index in [1.54, 1.807) is 0 Å². The van der Waals surface area contributed by atoms with Gasteiger partial charge in [-0.3, -0.25) is 4.79 Å². The van der Waals surface area contributed by atoms with Crippen molar-refractivity contribution >= 4 is 22.0 Å². The number of carboxylic acids is 1. The number of hydrogen-bond acceptors (Lipinski definition) is 5. The number of esters is 1. The molecule has 0 aromatic heterocycles. The number of benzene rings is 1. The van der Waals surface area contributed by atoms with Crippen molar-refractivity contribution in [3.63, 3.8) is 0 Å². The second-order valence-electron chi connectivity index (χ2n) is 4.53. The molecule has 108 valence electrons. The number of sulfonamides is 1. The molecule has 1 heterocycles. The summed E-state index contributed by atoms with van der Waals surface area (Å²) < 4.78 is 30.0. The normalized spacial score (nSPS) is 17.9. The third-order valence-electron chi connectivity index (χ3n) is 2.98. The van der Waals surface area contributed by atoms with Gasteiger partial charge in [0.05, 0.1) is 16.9 Å². The number of fused-ring (bicyclic) bond motifs is 1. The number of ether oxygens (including phenoxy) is 1. The molecule has 1 N–H and O–H groups in total. The van der Waals surface area contributed by atoms with E-state index in [1.165, 1.54) is 32.3 Å². The lowest BCUT2D eigenvalue weighted by Crippen LogP contribution is -2.22. The molecule has 2 rings (SSSR count). The van der Waals surface area contributed by atoms with E-state index in [0.717, 1.165) is 4.31 Å². The third kappa shape index (κ3) is 2.39. The first-order valence-electron chi connectivity index (χ1n) is 5.72. The molecule has 0 saturated heterocycles. The van der Waals surface area contributed by atoms with Gasteiger partial charge in [0.15, 0.2) is 0 Å². The highest BCUT2D eigenvalue weighted by molar-refractivity contribution is 7.89. The van der Waals surface area contributed by atoms with Crippen LogP contribution in [0.2, 0.25) is 0 Å². The molecule has 0 amide bonds. The fourth-order valence-corrected chi connectivity index (χ4v) is 2.87. The SMILES string of the molecule is CN(C)S(=O)(=O)c1ccc2c(c1)[C@H](CC(=O)O)OC2=O. The Balaban J connectivity index is 2.50. The van der Waals surface area contributed by atoms with Crippen LogP contribution >= 0.6 is 0 Å². The van der Waals surface area contributed by atoms with E-state index >= 15 is 0 Å².